The molecule has 0 amide bonds. The molecule has 0 spiro atoms. The van der Waals surface area contributed by atoms with Crippen molar-refractivity contribution in [1.82, 2.24) is 10.2 Å². The van der Waals surface area contributed by atoms with Crippen LogP contribution in [0.2, 0.25) is 0 Å². The molecule has 134 valence electrons. The third-order valence-corrected chi connectivity index (χ3v) is 4.53. The van der Waals surface area contributed by atoms with E-state index in [1.165, 1.54) is 6.07 Å². The number of aromatic nitrogens is 2. The van der Waals surface area contributed by atoms with Crippen LogP contribution >= 0.6 is 11.8 Å². The Labute approximate surface area is 152 Å². The molecule has 26 heavy (non-hydrogen) atoms. The Morgan fingerprint density at radius 1 is 1.12 bits per heavy atom. The van der Waals surface area contributed by atoms with Gasteiger partial charge < -0.3 is 9.15 Å². The number of benzene rings is 2. The Morgan fingerprint density at radius 2 is 1.85 bits per heavy atom. The fourth-order valence-corrected chi connectivity index (χ4v) is 2.96. The van der Waals surface area contributed by atoms with E-state index < -0.39 is 16.9 Å². The van der Waals surface area contributed by atoms with Gasteiger partial charge in [0.2, 0.25) is 5.89 Å². The lowest BCUT2D eigenvalue weighted by atomic mass is 10.1. The summed E-state index contributed by atoms with van der Waals surface area (Å²) >= 11 is 1.05. The van der Waals surface area contributed by atoms with Gasteiger partial charge in [0.25, 0.3) is 5.22 Å². The van der Waals surface area contributed by atoms with Crippen molar-refractivity contribution in [3.8, 4) is 17.2 Å². The smallest absolute Gasteiger partial charge is 0.277 e. The zero-order chi connectivity index (χ0) is 18.7. The molecule has 5 nitrogen and oxygen atoms in total. The molecule has 0 radical (unpaired) electrons. The van der Waals surface area contributed by atoms with Gasteiger partial charge in [0.1, 0.15) is 5.75 Å². The van der Waals surface area contributed by atoms with Crippen LogP contribution in [-0.2, 0) is 0 Å². The van der Waals surface area contributed by atoms with E-state index in [2.05, 4.69) is 10.2 Å². The number of carbonyl (C=O) groups is 1. The summed E-state index contributed by atoms with van der Waals surface area (Å²) in [5, 5.41) is 7.47. The number of methoxy groups -OCH3 is 1. The minimum atomic E-state index is -1.06. The van der Waals surface area contributed by atoms with E-state index in [0.717, 1.165) is 23.9 Å². The van der Waals surface area contributed by atoms with Crippen LogP contribution < -0.4 is 4.74 Å². The van der Waals surface area contributed by atoms with Gasteiger partial charge in [0.05, 0.1) is 12.4 Å². The molecule has 0 saturated heterocycles. The molecule has 0 unspecified atom stereocenters. The molecular formula is C18H14F2N2O3S. The maximum atomic E-state index is 13.3. The molecule has 3 aromatic rings. The van der Waals surface area contributed by atoms with Gasteiger partial charge in [-0.3, -0.25) is 4.79 Å². The van der Waals surface area contributed by atoms with E-state index in [0.29, 0.717) is 17.2 Å². The van der Waals surface area contributed by atoms with E-state index in [1.54, 1.807) is 38.3 Å². The van der Waals surface area contributed by atoms with Gasteiger partial charge >= 0.3 is 0 Å². The number of carbonyl (C=O) groups excluding carboxylic acids is 1. The fraction of sp³-hybridized carbons (Fsp3) is 0.167. The van der Waals surface area contributed by atoms with Gasteiger partial charge in [-0.05, 0) is 49.4 Å². The van der Waals surface area contributed by atoms with Crippen LogP contribution in [0.5, 0.6) is 5.75 Å². The molecule has 0 aliphatic rings. The maximum absolute atomic E-state index is 13.3. The number of Topliss-reactive ketones (excluding diaryl/α,β-unsaturated/α-hetero) is 1. The highest BCUT2D eigenvalue weighted by molar-refractivity contribution is 8.00. The molecule has 0 bridgehead atoms. The highest BCUT2D eigenvalue weighted by Crippen LogP contribution is 2.28. The van der Waals surface area contributed by atoms with Gasteiger partial charge in [0, 0.05) is 11.1 Å². The first-order valence-electron chi connectivity index (χ1n) is 7.62. The number of hydrogen-bond donors (Lipinski definition) is 0. The van der Waals surface area contributed by atoms with Gasteiger partial charge in [0.15, 0.2) is 17.4 Å². The molecular weight excluding hydrogens is 362 g/mol. The van der Waals surface area contributed by atoms with Crippen LogP contribution in [0.15, 0.2) is 52.1 Å². The van der Waals surface area contributed by atoms with Gasteiger partial charge in [-0.2, -0.15) is 0 Å². The number of nitrogens with zero attached hydrogens (tertiary/aromatic N) is 2. The van der Waals surface area contributed by atoms with Crippen LogP contribution in [0.25, 0.3) is 11.5 Å². The lowest BCUT2D eigenvalue weighted by Crippen LogP contribution is -2.14. The molecule has 1 aromatic heterocycles. The number of ketones is 1. The van der Waals surface area contributed by atoms with Crippen LogP contribution in [0, 0.1) is 11.6 Å². The van der Waals surface area contributed by atoms with Crippen molar-refractivity contribution in [2.24, 2.45) is 0 Å². The quantitative estimate of drug-likeness (QED) is 0.470. The molecule has 1 atom stereocenters. The van der Waals surface area contributed by atoms with Crippen LogP contribution in [-0.4, -0.2) is 28.3 Å². The van der Waals surface area contributed by atoms with Crippen molar-refractivity contribution in [1.29, 1.82) is 0 Å². The first kappa shape index (κ1) is 18.1. The van der Waals surface area contributed by atoms with Crippen LogP contribution in [0.4, 0.5) is 8.78 Å². The Balaban J connectivity index is 1.71. The summed E-state index contributed by atoms with van der Waals surface area (Å²) in [7, 11) is 1.57. The Kier molecular flexibility index (Phi) is 5.32. The average Bonchev–Trinajstić information content (AvgIpc) is 3.12. The summed E-state index contributed by atoms with van der Waals surface area (Å²) in [6.07, 6.45) is 0. The molecule has 0 saturated carbocycles. The topological polar surface area (TPSA) is 65.2 Å². The Bertz CT molecular complexity index is 928. The van der Waals surface area contributed by atoms with Crippen molar-refractivity contribution >= 4 is 17.5 Å². The van der Waals surface area contributed by atoms with E-state index in [-0.39, 0.29) is 16.6 Å². The first-order valence-corrected chi connectivity index (χ1v) is 8.49. The van der Waals surface area contributed by atoms with Crippen molar-refractivity contribution in [3.05, 3.63) is 59.7 Å². The molecule has 0 fully saturated rings. The predicted molar refractivity (Wildman–Crippen MR) is 92.3 cm³/mol. The summed E-state index contributed by atoms with van der Waals surface area (Å²) in [6.45, 7) is 1.63. The van der Waals surface area contributed by atoms with Crippen LogP contribution in [0.3, 0.4) is 0 Å². The molecule has 1 heterocycles. The van der Waals surface area contributed by atoms with Crippen molar-refractivity contribution in [2.75, 3.05) is 7.11 Å². The first-order chi connectivity index (χ1) is 12.5. The minimum absolute atomic E-state index is 0.0822. The standard InChI is InChI=1S/C18H14F2N2O3S/c1-10(16(23)12-5-8-14(19)15(20)9-12)26-18-22-21-17(25-18)11-3-6-13(24-2)7-4-11/h3-10H,1-2H3/t10-/m0/s1. The van der Waals surface area contributed by atoms with E-state index >= 15 is 0 Å². The van der Waals surface area contributed by atoms with Crippen molar-refractivity contribution in [3.63, 3.8) is 0 Å². The second kappa shape index (κ2) is 7.65. The number of ether oxygens (including phenoxy) is 1. The lowest BCUT2D eigenvalue weighted by Gasteiger charge is -2.07. The summed E-state index contributed by atoms with van der Waals surface area (Å²) in [5.41, 5.74) is 0.795. The zero-order valence-corrected chi connectivity index (χ0v) is 14.7. The Hall–Kier alpha value is -2.74. The monoisotopic (exact) mass is 376 g/mol. The van der Waals surface area contributed by atoms with Gasteiger partial charge in [-0.25, -0.2) is 8.78 Å². The molecule has 0 N–H and O–H groups in total. The lowest BCUT2D eigenvalue weighted by molar-refractivity contribution is 0.0993. The van der Waals surface area contributed by atoms with E-state index in [4.69, 9.17) is 9.15 Å². The molecule has 0 aliphatic carbocycles. The Morgan fingerprint density at radius 3 is 2.50 bits per heavy atom. The van der Waals surface area contributed by atoms with Gasteiger partial charge in [-0.1, -0.05) is 11.8 Å². The van der Waals surface area contributed by atoms with Gasteiger partial charge in [-0.15, -0.1) is 10.2 Å². The predicted octanol–water partition coefficient (Wildman–Crippen LogP) is 4.39. The highest BCUT2D eigenvalue weighted by atomic mass is 32.2. The van der Waals surface area contributed by atoms with Crippen molar-refractivity contribution in [2.45, 2.75) is 17.4 Å². The minimum Gasteiger partial charge on any atom is -0.497 e. The summed E-state index contributed by atoms with van der Waals surface area (Å²) in [5.74, 6) is -1.41. The molecule has 2 aromatic carbocycles. The highest BCUT2D eigenvalue weighted by Gasteiger charge is 2.21. The zero-order valence-electron chi connectivity index (χ0n) is 13.9. The second-order valence-electron chi connectivity index (χ2n) is 5.35. The number of rotatable bonds is 6. The number of halogens is 2. The van der Waals surface area contributed by atoms with Crippen LogP contribution in [0.1, 0.15) is 17.3 Å². The summed E-state index contributed by atoms with van der Waals surface area (Å²) < 4.78 is 36.9. The summed E-state index contributed by atoms with van der Waals surface area (Å²) in [4.78, 5) is 12.3. The van der Waals surface area contributed by atoms with E-state index in [9.17, 15) is 13.6 Å². The van der Waals surface area contributed by atoms with E-state index in [1.807, 2.05) is 0 Å². The molecule has 0 aliphatic heterocycles. The van der Waals surface area contributed by atoms with Crippen molar-refractivity contribution < 1.29 is 22.7 Å². The molecule has 8 heteroatoms. The average molecular weight is 376 g/mol. The normalized spacial score (nSPS) is 12.0. The third kappa shape index (κ3) is 3.91. The number of thioether (sulfide) groups is 1. The largest absolute Gasteiger partial charge is 0.497 e. The number of hydrogen-bond acceptors (Lipinski definition) is 6. The second-order valence-corrected chi connectivity index (χ2v) is 6.65. The molecule has 3 rings (SSSR count). The fourth-order valence-electron chi connectivity index (χ4n) is 2.20. The third-order valence-electron chi connectivity index (χ3n) is 3.59. The maximum Gasteiger partial charge on any atom is 0.277 e. The summed E-state index contributed by atoms with van der Waals surface area (Å²) in [6, 6.07) is 10.1. The SMILES string of the molecule is COc1ccc(-c2nnc(S[C@@H](C)C(=O)c3ccc(F)c(F)c3)o2)cc1.